The maximum atomic E-state index is 12.2. The van der Waals surface area contributed by atoms with Crippen LogP contribution in [0.15, 0.2) is 0 Å². The SMILES string of the molecule is CCC(C)(C)C(=O)OCC(O)(COCOCC(C)(C)C)CC(=O)OC(C)(C)C. The van der Waals surface area contributed by atoms with Crippen LogP contribution in [0, 0.1) is 10.8 Å². The fraction of sp³-hybridized carbons (Fsp3) is 0.905. The van der Waals surface area contributed by atoms with Crippen LogP contribution in [0.1, 0.15) is 75.2 Å². The molecular weight excluding hydrogens is 364 g/mol. The maximum Gasteiger partial charge on any atom is 0.311 e. The molecule has 0 fully saturated rings. The average Bonchev–Trinajstić information content (AvgIpc) is 2.49. The van der Waals surface area contributed by atoms with Crippen molar-refractivity contribution in [3.63, 3.8) is 0 Å². The number of carbonyl (C=O) groups excluding carboxylic acids is 2. The Labute approximate surface area is 170 Å². The first-order valence-electron chi connectivity index (χ1n) is 9.77. The minimum atomic E-state index is -1.70. The Kier molecular flexibility index (Phi) is 10.1. The molecule has 1 N–H and O–H groups in total. The van der Waals surface area contributed by atoms with Crippen LogP contribution in [-0.2, 0) is 28.5 Å². The molecule has 0 aromatic heterocycles. The predicted octanol–water partition coefficient (Wildman–Crippen LogP) is 3.47. The van der Waals surface area contributed by atoms with E-state index in [0.29, 0.717) is 13.0 Å². The third-order valence-corrected chi connectivity index (χ3v) is 3.87. The summed E-state index contributed by atoms with van der Waals surface area (Å²) in [5.41, 5.74) is -3.08. The van der Waals surface area contributed by atoms with Gasteiger partial charge in [0.25, 0.3) is 0 Å². The number of carbonyl (C=O) groups is 2. The smallest absolute Gasteiger partial charge is 0.311 e. The van der Waals surface area contributed by atoms with Crippen molar-refractivity contribution in [2.75, 3.05) is 26.6 Å². The van der Waals surface area contributed by atoms with Crippen molar-refractivity contribution in [2.24, 2.45) is 10.8 Å². The number of aliphatic hydroxyl groups is 1. The van der Waals surface area contributed by atoms with E-state index < -0.39 is 28.6 Å². The summed E-state index contributed by atoms with van der Waals surface area (Å²) in [4.78, 5) is 24.4. The highest BCUT2D eigenvalue weighted by Gasteiger charge is 2.37. The van der Waals surface area contributed by atoms with E-state index in [9.17, 15) is 14.7 Å². The van der Waals surface area contributed by atoms with Crippen LogP contribution in [0.3, 0.4) is 0 Å². The van der Waals surface area contributed by atoms with Crippen molar-refractivity contribution in [3.05, 3.63) is 0 Å². The van der Waals surface area contributed by atoms with E-state index in [1.807, 2.05) is 27.7 Å². The minimum absolute atomic E-state index is 0.0164. The first-order chi connectivity index (χ1) is 12.5. The Morgan fingerprint density at radius 3 is 1.86 bits per heavy atom. The van der Waals surface area contributed by atoms with Crippen LogP contribution in [0.25, 0.3) is 0 Å². The minimum Gasteiger partial charge on any atom is -0.462 e. The number of ether oxygens (including phenoxy) is 4. The molecular formula is C21H40O7. The average molecular weight is 405 g/mol. The van der Waals surface area contributed by atoms with Gasteiger partial charge in [-0.05, 0) is 46.5 Å². The number of rotatable bonds is 11. The second-order valence-electron chi connectivity index (χ2n) is 10.2. The number of hydrogen-bond acceptors (Lipinski definition) is 7. The fourth-order valence-corrected chi connectivity index (χ4v) is 1.97. The zero-order valence-electron chi connectivity index (χ0n) is 19.1. The molecule has 0 bridgehead atoms. The summed E-state index contributed by atoms with van der Waals surface area (Å²) in [5, 5.41) is 10.9. The van der Waals surface area contributed by atoms with E-state index >= 15 is 0 Å². The molecule has 0 amide bonds. The molecule has 0 aromatic carbocycles. The Morgan fingerprint density at radius 1 is 0.857 bits per heavy atom. The van der Waals surface area contributed by atoms with Crippen molar-refractivity contribution >= 4 is 11.9 Å². The van der Waals surface area contributed by atoms with Gasteiger partial charge in [-0.25, -0.2) is 0 Å². The molecule has 0 aliphatic rings. The summed E-state index contributed by atoms with van der Waals surface area (Å²) >= 11 is 0. The molecule has 0 rings (SSSR count). The van der Waals surface area contributed by atoms with Crippen molar-refractivity contribution in [1.82, 2.24) is 0 Å². The summed E-state index contributed by atoms with van der Waals surface area (Å²) in [6.07, 6.45) is 0.233. The molecule has 0 saturated heterocycles. The molecule has 0 aliphatic carbocycles. The van der Waals surface area contributed by atoms with Crippen molar-refractivity contribution in [3.8, 4) is 0 Å². The van der Waals surface area contributed by atoms with Gasteiger partial charge in [-0.1, -0.05) is 27.7 Å². The van der Waals surface area contributed by atoms with Gasteiger partial charge in [-0.3, -0.25) is 9.59 Å². The molecule has 0 heterocycles. The molecule has 1 unspecified atom stereocenters. The van der Waals surface area contributed by atoms with E-state index in [0.717, 1.165) is 0 Å². The number of esters is 2. The third-order valence-electron chi connectivity index (χ3n) is 3.87. The van der Waals surface area contributed by atoms with Gasteiger partial charge in [0.15, 0.2) is 0 Å². The first kappa shape index (κ1) is 26.8. The largest absolute Gasteiger partial charge is 0.462 e. The lowest BCUT2D eigenvalue weighted by atomic mass is 9.90. The highest BCUT2D eigenvalue weighted by Crippen LogP contribution is 2.24. The second kappa shape index (κ2) is 10.6. The van der Waals surface area contributed by atoms with Crippen molar-refractivity contribution < 1.29 is 33.6 Å². The molecule has 0 radical (unpaired) electrons. The lowest BCUT2D eigenvalue weighted by Gasteiger charge is -2.30. The molecule has 166 valence electrons. The lowest BCUT2D eigenvalue weighted by Crippen LogP contribution is -2.45. The molecule has 28 heavy (non-hydrogen) atoms. The van der Waals surface area contributed by atoms with Crippen LogP contribution in [0.5, 0.6) is 0 Å². The van der Waals surface area contributed by atoms with Gasteiger partial charge < -0.3 is 24.1 Å². The van der Waals surface area contributed by atoms with Crippen LogP contribution < -0.4 is 0 Å². The zero-order chi connectivity index (χ0) is 22.2. The van der Waals surface area contributed by atoms with Crippen LogP contribution in [0.4, 0.5) is 0 Å². The van der Waals surface area contributed by atoms with E-state index in [-0.39, 0.29) is 31.8 Å². The highest BCUT2D eigenvalue weighted by molar-refractivity contribution is 5.76. The highest BCUT2D eigenvalue weighted by atomic mass is 16.7. The van der Waals surface area contributed by atoms with Crippen molar-refractivity contribution in [2.45, 2.75) is 86.4 Å². The quantitative estimate of drug-likeness (QED) is 0.320. The molecule has 0 spiro atoms. The zero-order valence-corrected chi connectivity index (χ0v) is 19.1. The Morgan fingerprint density at radius 2 is 1.39 bits per heavy atom. The van der Waals surface area contributed by atoms with E-state index in [1.165, 1.54) is 0 Å². The summed E-state index contributed by atoms with van der Waals surface area (Å²) in [5.74, 6) is -1.04. The topological polar surface area (TPSA) is 91.3 Å². The molecule has 1 atom stereocenters. The van der Waals surface area contributed by atoms with E-state index in [4.69, 9.17) is 18.9 Å². The lowest BCUT2D eigenvalue weighted by molar-refractivity contribution is -0.182. The maximum absolute atomic E-state index is 12.2. The fourth-order valence-electron chi connectivity index (χ4n) is 1.97. The van der Waals surface area contributed by atoms with Gasteiger partial charge in [0.2, 0.25) is 0 Å². The van der Waals surface area contributed by atoms with Gasteiger partial charge in [0.05, 0.1) is 25.0 Å². The summed E-state index contributed by atoms with van der Waals surface area (Å²) in [6, 6.07) is 0. The molecule has 0 aliphatic heterocycles. The van der Waals surface area contributed by atoms with E-state index in [1.54, 1.807) is 34.6 Å². The predicted molar refractivity (Wildman–Crippen MR) is 107 cm³/mol. The summed E-state index contributed by atoms with van der Waals surface area (Å²) in [6.45, 7) is 16.6. The standard InChI is InChI=1S/C21H40O7/c1-10-20(8,9)17(23)27-14-21(24,11-16(22)28-19(5,6)7)13-26-15-25-12-18(2,3)4/h24H,10-15H2,1-9H3. The monoisotopic (exact) mass is 404 g/mol. The van der Waals surface area contributed by atoms with Gasteiger partial charge in [-0.15, -0.1) is 0 Å². The van der Waals surface area contributed by atoms with Crippen LogP contribution >= 0.6 is 0 Å². The molecule has 7 heteroatoms. The van der Waals surface area contributed by atoms with Gasteiger partial charge in [0.1, 0.15) is 24.6 Å². The third kappa shape index (κ3) is 12.3. The van der Waals surface area contributed by atoms with Crippen LogP contribution in [-0.4, -0.2) is 54.9 Å². The van der Waals surface area contributed by atoms with Gasteiger partial charge in [0, 0.05) is 0 Å². The molecule has 7 nitrogen and oxygen atoms in total. The van der Waals surface area contributed by atoms with Crippen LogP contribution in [0.2, 0.25) is 0 Å². The van der Waals surface area contributed by atoms with Gasteiger partial charge >= 0.3 is 11.9 Å². The number of hydrogen-bond donors (Lipinski definition) is 1. The normalized spacial score (nSPS) is 15.1. The Bertz CT molecular complexity index is 500. The second-order valence-corrected chi connectivity index (χ2v) is 10.2. The van der Waals surface area contributed by atoms with E-state index in [2.05, 4.69) is 0 Å². The van der Waals surface area contributed by atoms with Crippen molar-refractivity contribution in [1.29, 1.82) is 0 Å². The molecule has 0 aromatic rings. The van der Waals surface area contributed by atoms with Gasteiger partial charge in [-0.2, -0.15) is 0 Å². The molecule has 0 saturated carbocycles. The Hall–Kier alpha value is -1.18. The first-order valence-corrected chi connectivity index (χ1v) is 9.77. The summed E-state index contributed by atoms with van der Waals surface area (Å²) < 4.78 is 21.4. The Balaban J connectivity index is 4.90. The summed E-state index contributed by atoms with van der Waals surface area (Å²) in [7, 11) is 0.